The van der Waals surface area contributed by atoms with Gasteiger partial charge in [0.15, 0.2) is 9.04 Å². The number of rotatable bonds is 36. The monoisotopic (exact) mass is 691 g/mol. The number of hydrogen-bond acceptors (Lipinski definition) is 3. The van der Waals surface area contributed by atoms with E-state index < -0.39 is 9.04 Å². The quantitative estimate of drug-likeness (QED) is 0.0284. The molecule has 1 atom stereocenters. The van der Waals surface area contributed by atoms with E-state index in [0.717, 1.165) is 19.3 Å². The zero-order valence-corrected chi connectivity index (χ0v) is 34.8. The summed E-state index contributed by atoms with van der Waals surface area (Å²) in [6, 6.07) is 0. The molecule has 4 heteroatoms. The Hall–Kier alpha value is -0.873. The first-order chi connectivity index (χ1) is 23.3. The van der Waals surface area contributed by atoms with Crippen LogP contribution >= 0.6 is 0 Å². The third-order valence-corrected chi connectivity index (χ3v) is 10.4. The van der Waals surface area contributed by atoms with Gasteiger partial charge in [-0.15, -0.1) is 0 Å². The zero-order chi connectivity index (χ0) is 35.4. The molecule has 0 aromatic carbocycles. The summed E-state index contributed by atoms with van der Waals surface area (Å²) < 4.78 is 11.8. The highest BCUT2D eigenvalue weighted by molar-refractivity contribution is 6.48. The van der Waals surface area contributed by atoms with Gasteiger partial charge < -0.3 is 9.16 Å². The Morgan fingerprint density at radius 2 is 0.917 bits per heavy atom. The van der Waals surface area contributed by atoms with E-state index in [0.29, 0.717) is 19.1 Å². The molecule has 3 nitrogen and oxygen atoms in total. The topological polar surface area (TPSA) is 35.5 Å². The fourth-order valence-electron chi connectivity index (χ4n) is 6.41. The van der Waals surface area contributed by atoms with Crippen LogP contribution in [-0.4, -0.2) is 27.7 Å². The second kappa shape index (κ2) is 35.9. The van der Waals surface area contributed by atoms with Crippen molar-refractivity contribution in [3.8, 4) is 0 Å². The first-order valence-electron chi connectivity index (χ1n) is 21.4. The van der Waals surface area contributed by atoms with E-state index in [2.05, 4.69) is 65.1 Å². The third-order valence-electron chi connectivity index (χ3n) is 9.58. The van der Waals surface area contributed by atoms with E-state index in [4.69, 9.17) is 9.16 Å². The first-order valence-corrected chi connectivity index (χ1v) is 24.2. The Morgan fingerprint density at radius 3 is 1.33 bits per heavy atom. The summed E-state index contributed by atoms with van der Waals surface area (Å²) >= 11 is 0. The van der Waals surface area contributed by atoms with Crippen molar-refractivity contribution >= 4 is 15.0 Å². The minimum absolute atomic E-state index is 0.00646. The lowest BCUT2D eigenvalue weighted by molar-refractivity contribution is -0.143. The molecule has 0 fully saturated rings. The molecular weight excluding hydrogens is 605 g/mol. The molecule has 0 heterocycles. The van der Waals surface area contributed by atoms with Gasteiger partial charge in [-0.05, 0) is 89.1 Å². The van der Waals surface area contributed by atoms with E-state index in [-0.39, 0.29) is 11.4 Å². The highest BCUT2D eigenvalue weighted by atomic mass is 28.3. The van der Waals surface area contributed by atoms with Crippen LogP contribution in [0.5, 0.6) is 0 Å². The van der Waals surface area contributed by atoms with Crippen LogP contribution in [0.3, 0.4) is 0 Å². The van der Waals surface area contributed by atoms with Gasteiger partial charge in [0.05, 0.1) is 6.61 Å². The Bertz CT molecular complexity index is 723. The molecule has 0 amide bonds. The van der Waals surface area contributed by atoms with Gasteiger partial charge in [-0.3, -0.25) is 4.79 Å². The second-order valence-corrected chi connectivity index (χ2v) is 18.4. The van der Waals surface area contributed by atoms with E-state index in [1.807, 2.05) is 0 Å². The molecule has 1 unspecified atom stereocenters. The Balaban J connectivity index is 3.35. The van der Waals surface area contributed by atoms with Crippen molar-refractivity contribution in [2.75, 3.05) is 6.61 Å². The second-order valence-electron chi connectivity index (χ2n) is 16.0. The minimum Gasteiger partial charge on any atom is -0.466 e. The summed E-state index contributed by atoms with van der Waals surface area (Å²) in [4.78, 5) is 12.0. The van der Waals surface area contributed by atoms with Crippen molar-refractivity contribution in [1.29, 1.82) is 0 Å². The fourth-order valence-corrected chi connectivity index (χ4v) is 7.62. The number of esters is 1. The van der Waals surface area contributed by atoms with Gasteiger partial charge in [0, 0.05) is 12.5 Å². The lowest BCUT2D eigenvalue weighted by Crippen LogP contribution is -2.33. The maximum Gasteiger partial charge on any atom is 0.305 e. The predicted octanol–water partition coefficient (Wildman–Crippen LogP) is 14.8. The molecule has 0 aromatic heterocycles. The van der Waals surface area contributed by atoms with Crippen molar-refractivity contribution in [3.05, 3.63) is 24.3 Å². The minimum atomic E-state index is -0.959. The van der Waals surface area contributed by atoms with Crippen molar-refractivity contribution in [2.45, 2.75) is 240 Å². The molecule has 0 aromatic rings. The molecule has 0 aliphatic carbocycles. The van der Waals surface area contributed by atoms with E-state index in [1.165, 1.54) is 167 Å². The van der Waals surface area contributed by atoms with Crippen LogP contribution in [0.25, 0.3) is 0 Å². The molecule has 0 saturated heterocycles. The van der Waals surface area contributed by atoms with E-state index >= 15 is 0 Å². The van der Waals surface area contributed by atoms with Gasteiger partial charge in [0.25, 0.3) is 0 Å². The highest BCUT2D eigenvalue weighted by Crippen LogP contribution is 2.27. The molecular formula is C44H86O3Si. The number of allylic oxidation sites excluding steroid dienone is 4. The normalized spacial score (nSPS) is 13.0. The van der Waals surface area contributed by atoms with Crippen LogP contribution in [0.1, 0.15) is 220 Å². The maximum atomic E-state index is 12.0. The highest BCUT2D eigenvalue weighted by Gasteiger charge is 2.25. The molecule has 284 valence electrons. The lowest BCUT2D eigenvalue weighted by Gasteiger charge is -2.32. The van der Waals surface area contributed by atoms with Gasteiger partial charge in [0.2, 0.25) is 0 Å². The zero-order valence-electron chi connectivity index (χ0n) is 33.6. The Labute approximate surface area is 304 Å². The van der Waals surface area contributed by atoms with Crippen LogP contribution in [-0.2, 0) is 14.0 Å². The Morgan fingerprint density at radius 1 is 0.542 bits per heavy atom. The average molecular weight is 691 g/mol. The summed E-state index contributed by atoms with van der Waals surface area (Å²) in [6.07, 6.45) is 48.0. The molecule has 0 aliphatic rings. The van der Waals surface area contributed by atoms with Gasteiger partial charge in [-0.25, -0.2) is 0 Å². The van der Waals surface area contributed by atoms with Crippen molar-refractivity contribution in [1.82, 2.24) is 0 Å². The predicted molar refractivity (Wildman–Crippen MR) is 217 cm³/mol. The number of carbonyl (C=O) groups excluding carboxylic acids is 1. The van der Waals surface area contributed by atoms with E-state index in [1.54, 1.807) is 0 Å². The Kier molecular flexibility index (Phi) is 35.3. The average Bonchev–Trinajstić information content (AvgIpc) is 3.04. The van der Waals surface area contributed by atoms with Crippen LogP contribution in [0.4, 0.5) is 0 Å². The summed E-state index contributed by atoms with van der Waals surface area (Å²) in [6.45, 7) is 14.5. The lowest BCUT2D eigenvalue weighted by atomic mass is 9.86. The standard InChI is InChI=1S/C44H86O3Si/c1-7-8-9-10-11-12-13-14-18-22-25-28-31-34-37-40-43(45)46-41-38-35-32-29-26-23-20-17-15-16-19-21-24-27-30-33-36-39-42(44(2,3)4)47-48(5)6/h14,17-18,20,42,48H,7-13,15-16,19,21-41H2,1-6H3/b18-14-,20-17-. The van der Waals surface area contributed by atoms with Gasteiger partial charge in [0.1, 0.15) is 0 Å². The fraction of sp³-hybridized carbons (Fsp3) is 0.886. The van der Waals surface area contributed by atoms with Crippen molar-refractivity contribution in [2.24, 2.45) is 5.41 Å². The SMILES string of the molecule is CCCCCCCC/C=C\CCCCCCCC(=O)OCCCCCCC/C=C\CCCCCCCCCCC(O[SiH](C)C)C(C)(C)C. The molecule has 0 aliphatic heterocycles. The largest absolute Gasteiger partial charge is 0.466 e. The first kappa shape index (κ1) is 47.1. The summed E-state index contributed by atoms with van der Waals surface area (Å²) in [7, 11) is -0.959. The van der Waals surface area contributed by atoms with Crippen LogP contribution in [0, 0.1) is 5.41 Å². The van der Waals surface area contributed by atoms with Gasteiger partial charge in [-0.2, -0.15) is 0 Å². The third kappa shape index (κ3) is 36.4. The van der Waals surface area contributed by atoms with Crippen LogP contribution < -0.4 is 0 Å². The van der Waals surface area contributed by atoms with Crippen molar-refractivity contribution < 1.29 is 14.0 Å². The number of ether oxygens (including phenoxy) is 1. The molecule has 0 N–H and O–H groups in total. The van der Waals surface area contributed by atoms with Crippen LogP contribution in [0.15, 0.2) is 24.3 Å². The molecule has 0 bridgehead atoms. The van der Waals surface area contributed by atoms with E-state index in [9.17, 15) is 4.79 Å². The van der Waals surface area contributed by atoms with Gasteiger partial charge >= 0.3 is 5.97 Å². The molecule has 0 radical (unpaired) electrons. The summed E-state index contributed by atoms with van der Waals surface area (Å²) in [5.41, 5.74) is 0.272. The summed E-state index contributed by atoms with van der Waals surface area (Å²) in [5, 5.41) is 0. The molecule has 0 spiro atoms. The molecule has 0 rings (SSSR count). The van der Waals surface area contributed by atoms with Gasteiger partial charge in [-0.1, -0.05) is 168 Å². The van der Waals surface area contributed by atoms with Crippen LogP contribution in [0.2, 0.25) is 13.1 Å². The number of hydrogen-bond donors (Lipinski definition) is 0. The molecule has 48 heavy (non-hydrogen) atoms. The van der Waals surface area contributed by atoms with Crippen molar-refractivity contribution in [3.63, 3.8) is 0 Å². The number of carbonyl (C=O) groups is 1. The molecule has 0 saturated carbocycles. The summed E-state index contributed by atoms with van der Waals surface area (Å²) in [5.74, 6) is 0.00646. The smallest absolute Gasteiger partial charge is 0.305 e. The maximum absolute atomic E-state index is 12.0. The number of unbranched alkanes of at least 4 members (excludes halogenated alkanes) is 24.